The maximum absolute atomic E-state index is 9.08. The lowest BCUT2D eigenvalue weighted by atomic mass is 10.6. The van der Waals surface area contributed by atoms with Crippen LogP contribution in [0.4, 0.5) is 5.95 Å². The van der Waals surface area contributed by atoms with Gasteiger partial charge in [-0.2, -0.15) is 0 Å². The van der Waals surface area contributed by atoms with Crippen LogP contribution in [0.3, 0.4) is 0 Å². The number of rotatable bonds is 3. The lowest BCUT2D eigenvalue weighted by Crippen LogP contribution is -2.18. The van der Waals surface area contributed by atoms with E-state index in [1.807, 2.05) is 0 Å². The number of hydroxylamine groups is 1. The lowest BCUT2D eigenvalue weighted by molar-refractivity contribution is 0.260. The van der Waals surface area contributed by atoms with Gasteiger partial charge in [0.05, 0.1) is 6.54 Å². The standard InChI is InChI=1S/C6H9N3O/c1-2-5-9(10)6-7-3-4-8-6/h2-4,10H,1,5H2,(H,7,8). The number of hydrogen-bond acceptors (Lipinski definition) is 3. The van der Waals surface area contributed by atoms with Gasteiger partial charge < -0.3 is 4.98 Å². The van der Waals surface area contributed by atoms with Gasteiger partial charge in [0.1, 0.15) is 0 Å². The molecule has 0 unspecified atom stereocenters. The summed E-state index contributed by atoms with van der Waals surface area (Å²) in [5.41, 5.74) is 0. The van der Waals surface area contributed by atoms with Gasteiger partial charge in [-0.25, -0.2) is 10.0 Å². The fourth-order valence-electron chi connectivity index (χ4n) is 0.607. The molecule has 0 aliphatic rings. The minimum absolute atomic E-state index is 0.369. The van der Waals surface area contributed by atoms with Crippen molar-refractivity contribution in [1.82, 2.24) is 9.97 Å². The zero-order valence-electron chi connectivity index (χ0n) is 5.49. The summed E-state index contributed by atoms with van der Waals surface area (Å²) in [6, 6.07) is 0. The highest BCUT2D eigenvalue weighted by Gasteiger charge is 1.99. The monoisotopic (exact) mass is 139 g/mol. The number of aromatic nitrogens is 2. The molecule has 1 heterocycles. The van der Waals surface area contributed by atoms with Crippen molar-refractivity contribution < 1.29 is 5.21 Å². The van der Waals surface area contributed by atoms with Crippen molar-refractivity contribution in [2.24, 2.45) is 0 Å². The van der Waals surface area contributed by atoms with E-state index in [1.165, 1.54) is 0 Å². The second kappa shape index (κ2) is 3.03. The van der Waals surface area contributed by atoms with E-state index in [0.29, 0.717) is 12.5 Å². The largest absolute Gasteiger partial charge is 0.329 e. The summed E-state index contributed by atoms with van der Waals surface area (Å²) in [6.07, 6.45) is 4.80. The summed E-state index contributed by atoms with van der Waals surface area (Å²) in [6.45, 7) is 3.84. The molecule has 1 rings (SSSR count). The van der Waals surface area contributed by atoms with Crippen LogP contribution in [0.25, 0.3) is 0 Å². The van der Waals surface area contributed by atoms with E-state index in [1.54, 1.807) is 18.5 Å². The minimum atomic E-state index is 0.369. The average molecular weight is 139 g/mol. The van der Waals surface area contributed by atoms with Crippen LogP contribution in [0.2, 0.25) is 0 Å². The van der Waals surface area contributed by atoms with Crippen LogP contribution in [0.1, 0.15) is 0 Å². The number of imidazole rings is 1. The van der Waals surface area contributed by atoms with Crippen LogP contribution in [-0.2, 0) is 0 Å². The van der Waals surface area contributed by atoms with Crippen molar-refractivity contribution in [2.45, 2.75) is 0 Å². The van der Waals surface area contributed by atoms with E-state index in [2.05, 4.69) is 16.5 Å². The molecule has 0 radical (unpaired) electrons. The molecule has 0 saturated heterocycles. The van der Waals surface area contributed by atoms with Crippen LogP contribution >= 0.6 is 0 Å². The fraction of sp³-hybridized carbons (Fsp3) is 0.167. The van der Waals surface area contributed by atoms with Crippen LogP contribution < -0.4 is 5.06 Å². The van der Waals surface area contributed by atoms with Gasteiger partial charge >= 0.3 is 0 Å². The van der Waals surface area contributed by atoms with Crippen LogP contribution in [0.5, 0.6) is 0 Å². The Hall–Kier alpha value is -1.29. The number of hydrogen-bond donors (Lipinski definition) is 2. The van der Waals surface area contributed by atoms with E-state index in [4.69, 9.17) is 5.21 Å². The van der Waals surface area contributed by atoms with Crippen LogP contribution in [-0.4, -0.2) is 21.7 Å². The smallest absolute Gasteiger partial charge is 0.227 e. The molecule has 0 amide bonds. The predicted molar refractivity (Wildman–Crippen MR) is 37.9 cm³/mol. The van der Waals surface area contributed by atoms with Gasteiger partial charge in [0, 0.05) is 12.4 Å². The number of H-pyrrole nitrogens is 1. The van der Waals surface area contributed by atoms with Crippen molar-refractivity contribution in [3.8, 4) is 0 Å². The summed E-state index contributed by atoms with van der Waals surface area (Å²) in [7, 11) is 0. The highest BCUT2D eigenvalue weighted by Crippen LogP contribution is 2.00. The van der Waals surface area contributed by atoms with Gasteiger partial charge in [0.25, 0.3) is 0 Å². The molecule has 2 N–H and O–H groups in total. The normalized spacial score (nSPS) is 9.30. The molecular formula is C6H9N3O. The Morgan fingerprint density at radius 3 is 3.20 bits per heavy atom. The first kappa shape index (κ1) is 6.82. The molecule has 0 bridgehead atoms. The van der Waals surface area contributed by atoms with Gasteiger partial charge in [0.2, 0.25) is 5.95 Å². The topological polar surface area (TPSA) is 52.1 Å². The maximum Gasteiger partial charge on any atom is 0.227 e. The van der Waals surface area contributed by atoms with E-state index < -0.39 is 0 Å². The number of anilines is 1. The summed E-state index contributed by atoms with van der Waals surface area (Å²) in [4.78, 5) is 6.55. The molecule has 1 aromatic rings. The third-order valence-electron chi connectivity index (χ3n) is 1.03. The number of nitrogens with one attached hydrogen (secondary N) is 1. The first-order valence-electron chi connectivity index (χ1n) is 2.91. The van der Waals surface area contributed by atoms with Gasteiger partial charge in [-0.3, -0.25) is 5.21 Å². The molecule has 0 aliphatic carbocycles. The zero-order valence-corrected chi connectivity index (χ0v) is 5.49. The van der Waals surface area contributed by atoms with E-state index in [9.17, 15) is 0 Å². The van der Waals surface area contributed by atoms with Crippen LogP contribution in [0, 0.1) is 0 Å². The second-order valence-corrected chi connectivity index (χ2v) is 1.78. The van der Waals surface area contributed by atoms with E-state index in [0.717, 1.165) is 5.06 Å². The molecule has 4 nitrogen and oxygen atoms in total. The highest BCUT2D eigenvalue weighted by molar-refractivity contribution is 5.24. The lowest BCUT2D eigenvalue weighted by Gasteiger charge is -2.09. The summed E-state index contributed by atoms with van der Waals surface area (Å²) in [5, 5.41) is 10.1. The van der Waals surface area contributed by atoms with Crippen molar-refractivity contribution in [3.63, 3.8) is 0 Å². The molecule has 54 valence electrons. The third-order valence-corrected chi connectivity index (χ3v) is 1.03. The van der Waals surface area contributed by atoms with Gasteiger partial charge in [-0.05, 0) is 0 Å². The van der Waals surface area contributed by atoms with Crippen LogP contribution in [0.15, 0.2) is 25.0 Å². The predicted octanol–water partition coefficient (Wildman–Crippen LogP) is 0.791. The Morgan fingerprint density at radius 2 is 2.70 bits per heavy atom. The Morgan fingerprint density at radius 1 is 1.90 bits per heavy atom. The maximum atomic E-state index is 9.08. The van der Waals surface area contributed by atoms with E-state index >= 15 is 0 Å². The molecule has 0 aliphatic heterocycles. The fourth-order valence-corrected chi connectivity index (χ4v) is 0.607. The summed E-state index contributed by atoms with van der Waals surface area (Å²) >= 11 is 0. The van der Waals surface area contributed by atoms with Crippen molar-refractivity contribution >= 4 is 5.95 Å². The first-order chi connectivity index (χ1) is 4.84. The van der Waals surface area contributed by atoms with Crippen molar-refractivity contribution in [1.29, 1.82) is 0 Å². The average Bonchev–Trinajstić information content (AvgIpc) is 2.38. The number of aromatic amines is 1. The Bertz CT molecular complexity index is 195. The highest BCUT2D eigenvalue weighted by atomic mass is 16.5. The Kier molecular flexibility index (Phi) is 2.07. The third kappa shape index (κ3) is 1.35. The molecular weight excluding hydrogens is 130 g/mol. The summed E-state index contributed by atoms with van der Waals surface area (Å²) in [5.74, 6) is 0.430. The molecule has 0 saturated carbocycles. The quantitative estimate of drug-likeness (QED) is 0.481. The number of nitrogens with zero attached hydrogens (tertiary/aromatic N) is 2. The van der Waals surface area contributed by atoms with E-state index in [-0.39, 0.29) is 0 Å². The summed E-state index contributed by atoms with van der Waals surface area (Å²) < 4.78 is 0. The van der Waals surface area contributed by atoms with Crippen molar-refractivity contribution in [2.75, 3.05) is 11.6 Å². The SMILES string of the molecule is C=CCN(O)c1ncc[nH]1. The Labute approximate surface area is 58.8 Å². The molecule has 0 fully saturated rings. The van der Waals surface area contributed by atoms with Gasteiger partial charge in [-0.1, -0.05) is 6.08 Å². The zero-order chi connectivity index (χ0) is 7.40. The molecule has 0 aromatic carbocycles. The van der Waals surface area contributed by atoms with Crippen molar-refractivity contribution in [3.05, 3.63) is 25.0 Å². The Balaban J connectivity index is 2.58. The van der Waals surface area contributed by atoms with Gasteiger partial charge in [0.15, 0.2) is 0 Å². The molecule has 1 aromatic heterocycles. The molecule has 10 heavy (non-hydrogen) atoms. The minimum Gasteiger partial charge on any atom is -0.329 e. The second-order valence-electron chi connectivity index (χ2n) is 1.78. The first-order valence-corrected chi connectivity index (χ1v) is 2.91. The molecule has 4 heteroatoms. The van der Waals surface area contributed by atoms with Gasteiger partial charge in [-0.15, -0.1) is 6.58 Å². The molecule has 0 atom stereocenters. The molecule has 0 spiro atoms.